The number of likely N-dealkylation sites (N-methyl/N-ethyl adjacent to an activating group) is 1. The molecule has 0 amide bonds. The molecule has 0 spiro atoms. The number of aliphatic hydroxyl groups is 1. The van der Waals surface area contributed by atoms with Crippen LogP contribution in [0.4, 0.5) is 0 Å². The van der Waals surface area contributed by atoms with E-state index in [1.54, 1.807) is 0 Å². The molecule has 3 nitrogen and oxygen atoms in total. The summed E-state index contributed by atoms with van der Waals surface area (Å²) >= 11 is 0. The Morgan fingerprint density at radius 3 is 2.40 bits per heavy atom. The molecule has 0 saturated carbocycles. The van der Waals surface area contributed by atoms with E-state index in [9.17, 15) is 0 Å². The molecule has 1 unspecified atom stereocenters. The lowest BCUT2D eigenvalue weighted by Crippen LogP contribution is -2.44. The lowest BCUT2D eigenvalue weighted by atomic mass is 10.1. The third kappa shape index (κ3) is 1.48. The van der Waals surface area contributed by atoms with Crippen LogP contribution in [0, 0.1) is 0 Å². The smallest absolute Gasteiger partial charge is 0.185 e. The van der Waals surface area contributed by atoms with Crippen molar-refractivity contribution in [3.05, 3.63) is 0 Å². The van der Waals surface area contributed by atoms with Crippen molar-refractivity contribution < 1.29 is 14.3 Å². The fraction of sp³-hybridized carbons (Fsp3) is 1.00. The van der Waals surface area contributed by atoms with Gasteiger partial charge in [-0.25, -0.2) is 0 Å². The molecule has 1 atom stereocenters. The van der Waals surface area contributed by atoms with Gasteiger partial charge in [0.15, 0.2) is 13.5 Å². The SMILES string of the molecule is CC1(C)C[N+](C)(CO)CO1. The second-order valence-corrected chi connectivity index (χ2v) is 3.95. The van der Waals surface area contributed by atoms with Crippen molar-refractivity contribution in [3.8, 4) is 0 Å². The lowest BCUT2D eigenvalue weighted by Gasteiger charge is -2.24. The van der Waals surface area contributed by atoms with Crippen LogP contribution >= 0.6 is 0 Å². The third-order valence-corrected chi connectivity index (χ3v) is 1.87. The lowest BCUT2D eigenvalue weighted by molar-refractivity contribution is -0.925. The Kier molecular flexibility index (Phi) is 1.75. The average Bonchev–Trinajstić information content (AvgIpc) is 2.08. The highest BCUT2D eigenvalue weighted by Gasteiger charge is 2.40. The minimum Gasteiger partial charge on any atom is -0.347 e. The van der Waals surface area contributed by atoms with Gasteiger partial charge in [-0.05, 0) is 13.8 Å². The molecule has 1 aliphatic rings. The van der Waals surface area contributed by atoms with Crippen LogP contribution in [0.15, 0.2) is 0 Å². The van der Waals surface area contributed by atoms with Crippen molar-refractivity contribution in [2.45, 2.75) is 19.4 Å². The van der Waals surface area contributed by atoms with Crippen LogP contribution in [-0.2, 0) is 4.74 Å². The summed E-state index contributed by atoms with van der Waals surface area (Å²) in [6, 6.07) is 0. The fourth-order valence-corrected chi connectivity index (χ4v) is 1.43. The van der Waals surface area contributed by atoms with Crippen molar-refractivity contribution >= 4 is 0 Å². The summed E-state index contributed by atoms with van der Waals surface area (Å²) in [5.41, 5.74) is -0.0581. The van der Waals surface area contributed by atoms with Crippen LogP contribution in [0.3, 0.4) is 0 Å². The van der Waals surface area contributed by atoms with Crippen LogP contribution in [0.5, 0.6) is 0 Å². The summed E-state index contributed by atoms with van der Waals surface area (Å²) in [6.45, 7) is 5.79. The largest absolute Gasteiger partial charge is 0.347 e. The molecular formula is C7H16NO2+. The molecule has 3 heteroatoms. The summed E-state index contributed by atoms with van der Waals surface area (Å²) < 4.78 is 6.08. The summed E-state index contributed by atoms with van der Waals surface area (Å²) in [5, 5.41) is 8.95. The van der Waals surface area contributed by atoms with Gasteiger partial charge in [-0.1, -0.05) is 0 Å². The first-order chi connectivity index (χ1) is 4.47. The van der Waals surface area contributed by atoms with Gasteiger partial charge in [0.1, 0.15) is 12.1 Å². The number of quaternary nitrogens is 1. The predicted molar refractivity (Wildman–Crippen MR) is 38.2 cm³/mol. The van der Waals surface area contributed by atoms with Gasteiger partial charge in [-0.15, -0.1) is 0 Å². The molecule has 60 valence electrons. The zero-order valence-electron chi connectivity index (χ0n) is 6.92. The zero-order chi connectivity index (χ0) is 7.83. The molecule has 1 aliphatic heterocycles. The molecule has 0 aromatic heterocycles. The average molecular weight is 146 g/mol. The molecule has 1 heterocycles. The van der Waals surface area contributed by atoms with Gasteiger partial charge in [0.25, 0.3) is 0 Å². The van der Waals surface area contributed by atoms with E-state index in [1.807, 2.05) is 20.9 Å². The van der Waals surface area contributed by atoms with Crippen LogP contribution in [0.1, 0.15) is 13.8 Å². The normalized spacial score (nSPS) is 38.4. The number of hydrogen-bond acceptors (Lipinski definition) is 2. The molecule has 0 bridgehead atoms. The minimum atomic E-state index is -0.0581. The monoisotopic (exact) mass is 146 g/mol. The Morgan fingerprint density at radius 2 is 2.20 bits per heavy atom. The number of ether oxygens (including phenoxy) is 1. The van der Waals surface area contributed by atoms with Gasteiger partial charge in [-0.2, -0.15) is 0 Å². The van der Waals surface area contributed by atoms with Crippen LogP contribution in [-0.4, -0.2) is 42.2 Å². The molecular weight excluding hydrogens is 130 g/mol. The van der Waals surface area contributed by atoms with Crippen molar-refractivity contribution in [1.29, 1.82) is 0 Å². The van der Waals surface area contributed by atoms with Gasteiger partial charge >= 0.3 is 0 Å². The molecule has 0 aliphatic carbocycles. The van der Waals surface area contributed by atoms with Gasteiger partial charge in [-0.3, -0.25) is 4.48 Å². The topological polar surface area (TPSA) is 29.5 Å². The number of rotatable bonds is 1. The zero-order valence-corrected chi connectivity index (χ0v) is 6.92. The minimum absolute atomic E-state index is 0.0581. The quantitative estimate of drug-likeness (QED) is 0.533. The third-order valence-electron chi connectivity index (χ3n) is 1.87. The van der Waals surface area contributed by atoms with E-state index in [-0.39, 0.29) is 12.3 Å². The van der Waals surface area contributed by atoms with Crippen molar-refractivity contribution in [2.24, 2.45) is 0 Å². The standard InChI is InChI=1S/C7H16NO2/c1-7(2)4-8(3,5-9)6-10-7/h9H,4-6H2,1-3H3/q+1. The van der Waals surface area contributed by atoms with Gasteiger partial charge in [0.05, 0.1) is 7.05 Å². The maximum absolute atomic E-state index is 8.95. The highest BCUT2D eigenvalue weighted by molar-refractivity contribution is 4.70. The van der Waals surface area contributed by atoms with Gasteiger partial charge < -0.3 is 9.84 Å². The second kappa shape index (κ2) is 2.19. The molecule has 10 heavy (non-hydrogen) atoms. The molecule has 1 N–H and O–H groups in total. The highest BCUT2D eigenvalue weighted by atomic mass is 16.5. The fourth-order valence-electron chi connectivity index (χ4n) is 1.43. The first-order valence-corrected chi connectivity index (χ1v) is 3.56. The van der Waals surface area contributed by atoms with E-state index in [2.05, 4.69) is 0 Å². The molecule has 1 rings (SSSR count). The summed E-state index contributed by atoms with van der Waals surface area (Å²) in [7, 11) is 1.99. The number of aliphatic hydroxyl groups excluding tert-OH is 1. The maximum Gasteiger partial charge on any atom is 0.185 e. The Bertz CT molecular complexity index is 136. The maximum atomic E-state index is 8.95. The molecule has 1 saturated heterocycles. The van der Waals surface area contributed by atoms with Crippen molar-refractivity contribution in [3.63, 3.8) is 0 Å². The number of hydrogen-bond donors (Lipinski definition) is 1. The van der Waals surface area contributed by atoms with Crippen LogP contribution < -0.4 is 0 Å². The van der Waals surface area contributed by atoms with Gasteiger partial charge in [0.2, 0.25) is 0 Å². The number of nitrogens with zero attached hydrogens (tertiary/aromatic N) is 1. The molecule has 0 aromatic rings. The Labute approximate surface area is 61.8 Å². The summed E-state index contributed by atoms with van der Waals surface area (Å²) in [5.74, 6) is 0. The first-order valence-electron chi connectivity index (χ1n) is 3.56. The van der Waals surface area contributed by atoms with E-state index in [1.165, 1.54) is 0 Å². The molecule has 0 radical (unpaired) electrons. The van der Waals surface area contributed by atoms with Gasteiger partial charge in [0, 0.05) is 0 Å². The van der Waals surface area contributed by atoms with E-state index >= 15 is 0 Å². The Balaban J connectivity index is 2.57. The van der Waals surface area contributed by atoms with E-state index in [0.717, 1.165) is 6.54 Å². The predicted octanol–water partition coefficient (Wildman–Crippen LogP) is 0.149. The van der Waals surface area contributed by atoms with E-state index in [4.69, 9.17) is 9.84 Å². The summed E-state index contributed by atoms with van der Waals surface area (Å²) in [4.78, 5) is 0. The van der Waals surface area contributed by atoms with E-state index in [0.29, 0.717) is 11.2 Å². The molecule has 0 aromatic carbocycles. The molecule has 1 fully saturated rings. The van der Waals surface area contributed by atoms with Crippen LogP contribution in [0.25, 0.3) is 0 Å². The van der Waals surface area contributed by atoms with Crippen LogP contribution in [0.2, 0.25) is 0 Å². The second-order valence-electron chi connectivity index (χ2n) is 3.95. The van der Waals surface area contributed by atoms with E-state index < -0.39 is 0 Å². The van der Waals surface area contributed by atoms with Crippen molar-refractivity contribution in [2.75, 3.05) is 27.1 Å². The Morgan fingerprint density at radius 1 is 1.60 bits per heavy atom. The highest BCUT2D eigenvalue weighted by Crippen LogP contribution is 2.23. The summed E-state index contributed by atoms with van der Waals surface area (Å²) in [6.07, 6.45) is 0. The first kappa shape index (κ1) is 7.98. The Hall–Kier alpha value is -0.120. The van der Waals surface area contributed by atoms with Crippen molar-refractivity contribution in [1.82, 2.24) is 0 Å².